The van der Waals surface area contributed by atoms with Crippen LogP contribution in [-0.4, -0.2) is 94.2 Å². The minimum Gasteiger partial charge on any atom is -0.377 e. The van der Waals surface area contributed by atoms with Gasteiger partial charge >= 0.3 is 0 Å². The molecule has 1 N–H and O–H groups in total. The summed E-state index contributed by atoms with van der Waals surface area (Å²) in [6, 6.07) is 0. The van der Waals surface area contributed by atoms with Gasteiger partial charge in [0.2, 0.25) is 5.91 Å². The Morgan fingerprint density at radius 1 is 1.05 bits per heavy atom. The Morgan fingerprint density at radius 2 is 1.73 bits per heavy atom. The standard InChI is InChI=1S/C15H29N3O4/c1-14(19)13-22-12-11-21-10-4-16-15(20)3-5-18-8-6-17(2)7-9-18/h3-13H2,1-2H3,(H,16,20). The second-order valence-corrected chi connectivity index (χ2v) is 5.61. The molecule has 1 amide bonds. The molecule has 0 bridgehead atoms. The third-order valence-electron chi connectivity index (χ3n) is 3.50. The number of carbonyl (C=O) groups excluding carboxylic acids is 2. The van der Waals surface area contributed by atoms with E-state index in [1.54, 1.807) is 0 Å². The van der Waals surface area contributed by atoms with E-state index < -0.39 is 0 Å². The van der Waals surface area contributed by atoms with Crippen molar-refractivity contribution in [2.45, 2.75) is 13.3 Å². The smallest absolute Gasteiger partial charge is 0.221 e. The Morgan fingerprint density at radius 3 is 2.41 bits per heavy atom. The zero-order chi connectivity index (χ0) is 16.2. The average Bonchev–Trinajstić information content (AvgIpc) is 2.49. The molecule has 1 saturated heterocycles. The number of hydrogen-bond donors (Lipinski definition) is 1. The van der Waals surface area contributed by atoms with Gasteiger partial charge in [0, 0.05) is 45.7 Å². The van der Waals surface area contributed by atoms with Gasteiger partial charge in [-0.25, -0.2) is 0 Å². The van der Waals surface area contributed by atoms with E-state index >= 15 is 0 Å². The van der Waals surface area contributed by atoms with E-state index in [1.165, 1.54) is 6.92 Å². The summed E-state index contributed by atoms with van der Waals surface area (Å²) in [6.07, 6.45) is 0.533. The van der Waals surface area contributed by atoms with Crippen molar-refractivity contribution in [1.29, 1.82) is 0 Å². The number of carbonyl (C=O) groups is 2. The monoisotopic (exact) mass is 315 g/mol. The van der Waals surface area contributed by atoms with Crippen molar-refractivity contribution in [3.05, 3.63) is 0 Å². The lowest BCUT2D eigenvalue weighted by Crippen LogP contribution is -2.45. The van der Waals surface area contributed by atoms with Gasteiger partial charge in [0.25, 0.3) is 0 Å². The Bertz CT molecular complexity index is 331. The Labute approximate surface area is 132 Å². The lowest BCUT2D eigenvalue weighted by molar-refractivity contribution is -0.123. The highest BCUT2D eigenvalue weighted by Crippen LogP contribution is 1.99. The molecular weight excluding hydrogens is 286 g/mol. The molecule has 0 aromatic carbocycles. The Balaban J connectivity index is 1.88. The number of Topliss-reactive ketones (excluding diaryl/α,β-unsaturated/α-hetero) is 1. The first kappa shape index (κ1) is 19.0. The maximum atomic E-state index is 11.7. The second kappa shape index (κ2) is 11.5. The largest absolute Gasteiger partial charge is 0.377 e. The summed E-state index contributed by atoms with van der Waals surface area (Å²) in [7, 11) is 2.12. The minimum atomic E-state index is 0.00705. The summed E-state index contributed by atoms with van der Waals surface area (Å²) >= 11 is 0. The van der Waals surface area contributed by atoms with E-state index in [1.807, 2.05) is 0 Å². The Hall–Kier alpha value is -1.02. The quantitative estimate of drug-likeness (QED) is 0.512. The number of piperazine rings is 1. The van der Waals surface area contributed by atoms with E-state index in [2.05, 4.69) is 22.2 Å². The number of ketones is 1. The lowest BCUT2D eigenvalue weighted by atomic mass is 10.3. The van der Waals surface area contributed by atoms with Gasteiger partial charge < -0.3 is 24.6 Å². The molecule has 0 spiro atoms. The zero-order valence-corrected chi connectivity index (χ0v) is 13.8. The van der Waals surface area contributed by atoms with Crippen LogP contribution >= 0.6 is 0 Å². The molecule has 1 fully saturated rings. The van der Waals surface area contributed by atoms with Crippen LogP contribution in [0.2, 0.25) is 0 Å². The summed E-state index contributed by atoms with van der Waals surface area (Å²) in [5.74, 6) is 0.0722. The fourth-order valence-electron chi connectivity index (χ4n) is 2.12. The summed E-state index contributed by atoms with van der Waals surface area (Å²) in [5, 5.41) is 2.84. The molecule has 0 unspecified atom stereocenters. The highest BCUT2D eigenvalue weighted by Gasteiger charge is 2.14. The van der Waals surface area contributed by atoms with Crippen molar-refractivity contribution in [2.24, 2.45) is 0 Å². The van der Waals surface area contributed by atoms with Crippen LogP contribution in [0.4, 0.5) is 0 Å². The van der Waals surface area contributed by atoms with Gasteiger partial charge in [-0.05, 0) is 14.0 Å². The van der Waals surface area contributed by atoms with Gasteiger partial charge in [0.05, 0.1) is 19.8 Å². The average molecular weight is 315 g/mol. The third-order valence-corrected chi connectivity index (χ3v) is 3.50. The summed E-state index contributed by atoms with van der Waals surface area (Å²) in [5.41, 5.74) is 0. The Kier molecular flexibility index (Phi) is 9.98. The van der Waals surface area contributed by atoms with E-state index in [9.17, 15) is 9.59 Å². The topological polar surface area (TPSA) is 71.1 Å². The molecule has 7 nitrogen and oxygen atoms in total. The van der Waals surface area contributed by atoms with Gasteiger partial charge in [-0.3, -0.25) is 9.59 Å². The van der Waals surface area contributed by atoms with E-state index in [0.717, 1.165) is 32.7 Å². The van der Waals surface area contributed by atoms with Crippen LogP contribution in [0.5, 0.6) is 0 Å². The number of ether oxygens (including phenoxy) is 2. The van der Waals surface area contributed by atoms with Crippen LogP contribution in [0, 0.1) is 0 Å². The summed E-state index contributed by atoms with van der Waals surface area (Å²) in [4.78, 5) is 26.9. The fraction of sp³-hybridized carbons (Fsp3) is 0.867. The molecule has 0 aromatic heterocycles. The van der Waals surface area contributed by atoms with E-state index in [4.69, 9.17) is 9.47 Å². The molecular formula is C15H29N3O4. The second-order valence-electron chi connectivity index (χ2n) is 5.61. The zero-order valence-electron chi connectivity index (χ0n) is 13.8. The molecule has 1 heterocycles. The number of rotatable bonds is 11. The van der Waals surface area contributed by atoms with Crippen molar-refractivity contribution in [3.63, 3.8) is 0 Å². The normalized spacial score (nSPS) is 16.6. The molecule has 1 aliphatic heterocycles. The summed E-state index contributed by atoms with van der Waals surface area (Å²) in [6.45, 7) is 8.45. The number of likely N-dealkylation sites (N-methyl/N-ethyl adjacent to an activating group) is 1. The molecule has 1 aliphatic rings. The molecule has 22 heavy (non-hydrogen) atoms. The third kappa shape index (κ3) is 9.83. The van der Waals surface area contributed by atoms with Crippen LogP contribution in [0.25, 0.3) is 0 Å². The van der Waals surface area contributed by atoms with E-state index in [0.29, 0.717) is 32.8 Å². The predicted octanol–water partition coefficient (Wildman–Crippen LogP) is -0.638. The molecule has 0 atom stereocenters. The van der Waals surface area contributed by atoms with Crippen molar-refractivity contribution >= 4 is 11.7 Å². The van der Waals surface area contributed by atoms with Gasteiger partial charge in [-0.15, -0.1) is 0 Å². The molecule has 0 aromatic rings. The molecule has 0 radical (unpaired) electrons. The number of amides is 1. The fourth-order valence-corrected chi connectivity index (χ4v) is 2.12. The van der Waals surface area contributed by atoms with E-state index in [-0.39, 0.29) is 18.3 Å². The minimum absolute atomic E-state index is 0.00705. The van der Waals surface area contributed by atoms with Crippen LogP contribution < -0.4 is 5.32 Å². The lowest BCUT2D eigenvalue weighted by Gasteiger charge is -2.32. The highest BCUT2D eigenvalue weighted by molar-refractivity contribution is 5.76. The number of hydrogen-bond acceptors (Lipinski definition) is 6. The van der Waals surface area contributed by atoms with Crippen molar-refractivity contribution < 1.29 is 19.1 Å². The van der Waals surface area contributed by atoms with Crippen molar-refractivity contribution in [3.8, 4) is 0 Å². The molecule has 1 rings (SSSR count). The molecule has 0 aliphatic carbocycles. The first-order valence-electron chi connectivity index (χ1n) is 7.90. The van der Waals surface area contributed by atoms with Gasteiger partial charge in [0.15, 0.2) is 5.78 Å². The van der Waals surface area contributed by atoms with Crippen LogP contribution in [-0.2, 0) is 19.1 Å². The van der Waals surface area contributed by atoms with Crippen molar-refractivity contribution in [1.82, 2.24) is 15.1 Å². The van der Waals surface area contributed by atoms with Gasteiger partial charge in [-0.1, -0.05) is 0 Å². The van der Waals surface area contributed by atoms with Crippen LogP contribution in [0.1, 0.15) is 13.3 Å². The number of nitrogens with one attached hydrogen (secondary N) is 1. The maximum Gasteiger partial charge on any atom is 0.221 e. The number of nitrogens with zero attached hydrogens (tertiary/aromatic N) is 2. The first-order chi connectivity index (χ1) is 10.6. The van der Waals surface area contributed by atoms with Crippen LogP contribution in [0.15, 0.2) is 0 Å². The highest BCUT2D eigenvalue weighted by atomic mass is 16.5. The molecule has 7 heteroatoms. The van der Waals surface area contributed by atoms with Crippen molar-refractivity contribution in [2.75, 3.05) is 72.7 Å². The van der Waals surface area contributed by atoms with Gasteiger partial charge in [-0.2, -0.15) is 0 Å². The predicted molar refractivity (Wildman–Crippen MR) is 83.9 cm³/mol. The first-order valence-corrected chi connectivity index (χ1v) is 7.90. The molecule has 128 valence electrons. The van der Waals surface area contributed by atoms with Crippen LogP contribution in [0.3, 0.4) is 0 Å². The van der Waals surface area contributed by atoms with Gasteiger partial charge in [0.1, 0.15) is 6.61 Å². The molecule has 0 saturated carbocycles. The SMILES string of the molecule is CC(=O)COCCOCCNC(=O)CCN1CCN(C)CC1. The maximum absolute atomic E-state index is 11.7. The summed E-state index contributed by atoms with van der Waals surface area (Å²) < 4.78 is 10.4.